The first-order chi connectivity index (χ1) is 8.63. The molecule has 0 spiro atoms. The number of likely N-dealkylation sites (N-methyl/N-ethyl adjacent to an activating group) is 1. The molecule has 0 radical (unpaired) electrons. The molecule has 3 nitrogen and oxygen atoms in total. The number of hydrogen-bond donors (Lipinski definition) is 1. The van der Waals surface area contributed by atoms with Crippen LogP contribution in [0.1, 0.15) is 17.9 Å². The SMILES string of the molecule is CN(C)CCCN(C)CC(CN)c1ccccc1. The lowest BCUT2D eigenvalue weighted by Crippen LogP contribution is -2.30. The predicted octanol–water partition coefficient (Wildman–Crippen LogP) is 1.61. The van der Waals surface area contributed by atoms with Gasteiger partial charge in [0.2, 0.25) is 0 Å². The molecule has 1 aromatic carbocycles. The van der Waals surface area contributed by atoms with Gasteiger partial charge in [0.1, 0.15) is 0 Å². The smallest absolute Gasteiger partial charge is 0.00887 e. The molecular formula is C15H27N3. The van der Waals surface area contributed by atoms with Crippen LogP contribution in [0.2, 0.25) is 0 Å². The first-order valence-corrected chi connectivity index (χ1v) is 6.71. The standard InChI is InChI=1S/C15H27N3/c1-17(2)10-7-11-18(3)13-15(12-16)14-8-5-4-6-9-14/h4-6,8-9,15H,7,10-13,16H2,1-3H3. The van der Waals surface area contributed by atoms with Crippen molar-refractivity contribution in [3.63, 3.8) is 0 Å². The van der Waals surface area contributed by atoms with E-state index in [1.165, 1.54) is 12.0 Å². The Labute approximate surface area is 112 Å². The van der Waals surface area contributed by atoms with Crippen molar-refractivity contribution in [1.29, 1.82) is 0 Å². The lowest BCUT2D eigenvalue weighted by Gasteiger charge is -2.24. The Morgan fingerprint density at radius 1 is 1.06 bits per heavy atom. The van der Waals surface area contributed by atoms with E-state index in [4.69, 9.17) is 5.73 Å². The zero-order chi connectivity index (χ0) is 13.4. The molecule has 0 aliphatic rings. The van der Waals surface area contributed by atoms with Gasteiger partial charge in [0.05, 0.1) is 0 Å². The summed E-state index contributed by atoms with van der Waals surface area (Å²) in [5, 5.41) is 0. The van der Waals surface area contributed by atoms with E-state index in [2.05, 4.69) is 61.3 Å². The van der Waals surface area contributed by atoms with Crippen LogP contribution in [0.4, 0.5) is 0 Å². The van der Waals surface area contributed by atoms with Crippen LogP contribution in [0.5, 0.6) is 0 Å². The minimum atomic E-state index is 0.440. The van der Waals surface area contributed by atoms with Gasteiger partial charge in [-0.05, 0) is 46.2 Å². The minimum Gasteiger partial charge on any atom is -0.330 e. The van der Waals surface area contributed by atoms with Crippen LogP contribution >= 0.6 is 0 Å². The molecule has 0 aromatic heterocycles. The van der Waals surface area contributed by atoms with Crippen molar-refractivity contribution in [3.05, 3.63) is 35.9 Å². The molecule has 1 aromatic rings. The van der Waals surface area contributed by atoms with Crippen molar-refractivity contribution < 1.29 is 0 Å². The van der Waals surface area contributed by atoms with Gasteiger partial charge in [-0.1, -0.05) is 30.3 Å². The molecule has 18 heavy (non-hydrogen) atoms. The third-order valence-corrected chi connectivity index (χ3v) is 3.23. The highest BCUT2D eigenvalue weighted by atomic mass is 15.1. The number of nitrogens with zero attached hydrogens (tertiary/aromatic N) is 2. The number of benzene rings is 1. The first kappa shape index (κ1) is 15.2. The average Bonchev–Trinajstić information content (AvgIpc) is 2.36. The Morgan fingerprint density at radius 3 is 2.28 bits per heavy atom. The van der Waals surface area contributed by atoms with E-state index in [1.54, 1.807) is 0 Å². The number of nitrogens with two attached hydrogens (primary N) is 1. The monoisotopic (exact) mass is 249 g/mol. The summed E-state index contributed by atoms with van der Waals surface area (Å²) in [7, 11) is 6.42. The quantitative estimate of drug-likeness (QED) is 0.760. The third-order valence-electron chi connectivity index (χ3n) is 3.23. The van der Waals surface area contributed by atoms with Gasteiger partial charge >= 0.3 is 0 Å². The largest absolute Gasteiger partial charge is 0.330 e. The molecule has 2 N–H and O–H groups in total. The van der Waals surface area contributed by atoms with Gasteiger partial charge in [-0.2, -0.15) is 0 Å². The maximum Gasteiger partial charge on any atom is 0.00887 e. The molecule has 0 bridgehead atoms. The summed E-state index contributed by atoms with van der Waals surface area (Å²) in [5.41, 5.74) is 7.24. The van der Waals surface area contributed by atoms with E-state index >= 15 is 0 Å². The summed E-state index contributed by atoms with van der Waals surface area (Å²) < 4.78 is 0. The highest BCUT2D eigenvalue weighted by Gasteiger charge is 2.11. The fourth-order valence-electron chi connectivity index (χ4n) is 2.17. The Balaban J connectivity index is 2.39. The van der Waals surface area contributed by atoms with Crippen molar-refractivity contribution in [3.8, 4) is 0 Å². The van der Waals surface area contributed by atoms with E-state index < -0.39 is 0 Å². The highest BCUT2D eigenvalue weighted by molar-refractivity contribution is 5.20. The fourth-order valence-corrected chi connectivity index (χ4v) is 2.17. The Morgan fingerprint density at radius 2 is 1.72 bits per heavy atom. The molecule has 1 unspecified atom stereocenters. The van der Waals surface area contributed by atoms with Gasteiger partial charge in [0, 0.05) is 19.0 Å². The molecule has 3 heteroatoms. The van der Waals surface area contributed by atoms with Crippen LogP contribution in [0.3, 0.4) is 0 Å². The van der Waals surface area contributed by atoms with Gasteiger partial charge in [-0.3, -0.25) is 0 Å². The van der Waals surface area contributed by atoms with E-state index in [-0.39, 0.29) is 0 Å². The Kier molecular flexibility index (Phi) is 6.94. The second kappa shape index (κ2) is 8.25. The van der Waals surface area contributed by atoms with Crippen LogP contribution in [-0.4, -0.2) is 57.1 Å². The summed E-state index contributed by atoms with van der Waals surface area (Å²) in [6.07, 6.45) is 1.20. The number of rotatable bonds is 8. The second-order valence-electron chi connectivity index (χ2n) is 5.26. The van der Waals surface area contributed by atoms with Gasteiger partial charge in [-0.15, -0.1) is 0 Å². The van der Waals surface area contributed by atoms with Crippen molar-refractivity contribution in [2.24, 2.45) is 5.73 Å². The van der Waals surface area contributed by atoms with Crippen molar-refractivity contribution in [2.45, 2.75) is 12.3 Å². The summed E-state index contributed by atoms with van der Waals surface area (Å²) in [6.45, 7) is 4.01. The lowest BCUT2D eigenvalue weighted by molar-refractivity contribution is 0.286. The Hall–Kier alpha value is -0.900. The topological polar surface area (TPSA) is 32.5 Å². The summed E-state index contributed by atoms with van der Waals surface area (Å²) in [5.74, 6) is 0.440. The average molecular weight is 249 g/mol. The van der Waals surface area contributed by atoms with E-state index in [0.29, 0.717) is 12.5 Å². The molecular weight excluding hydrogens is 222 g/mol. The van der Waals surface area contributed by atoms with E-state index in [0.717, 1.165) is 19.6 Å². The zero-order valence-corrected chi connectivity index (χ0v) is 12.0. The van der Waals surface area contributed by atoms with Gasteiger partial charge in [0.15, 0.2) is 0 Å². The minimum absolute atomic E-state index is 0.440. The third kappa shape index (κ3) is 5.63. The predicted molar refractivity (Wildman–Crippen MR) is 78.9 cm³/mol. The van der Waals surface area contributed by atoms with Crippen LogP contribution in [0.15, 0.2) is 30.3 Å². The molecule has 1 rings (SSSR count). The molecule has 0 aliphatic heterocycles. The van der Waals surface area contributed by atoms with Crippen molar-refractivity contribution in [1.82, 2.24) is 9.80 Å². The van der Waals surface area contributed by atoms with Crippen LogP contribution in [0, 0.1) is 0 Å². The highest BCUT2D eigenvalue weighted by Crippen LogP contribution is 2.15. The van der Waals surface area contributed by atoms with Crippen molar-refractivity contribution in [2.75, 3.05) is 47.3 Å². The maximum absolute atomic E-state index is 5.90. The van der Waals surface area contributed by atoms with E-state index in [9.17, 15) is 0 Å². The van der Waals surface area contributed by atoms with Gasteiger partial charge < -0.3 is 15.5 Å². The molecule has 0 amide bonds. The van der Waals surface area contributed by atoms with Crippen LogP contribution in [-0.2, 0) is 0 Å². The summed E-state index contributed by atoms with van der Waals surface area (Å²) in [4.78, 5) is 4.61. The summed E-state index contributed by atoms with van der Waals surface area (Å²) >= 11 is 0. The van der Waals surface area contributed by atoms with Crippen molar-refractivity contribution >= 4 is 0 Å². The normalized spacial score (nSPS) is 13.2. The molecule has 102 valence electrons. The second-order valence-corrected chi connectivity index (χ2v) is 5.26. The fraction of sp³-hybridized carbons (Fsp3) is 0.600. The molecule has 0 fully saturated rings. The molecule has 0 heterocycles. The zero-order valence-electron chi connectivity index (χ0n) is 12.0. The van der Waals surface area contributed by atoms with Gasteiger partial charge in [0.25, 0.3) is 0 Å². The summed E-state index contributed by atoms with van der Waals surface area (Å²) in [6, 6.07) is 10.6. The number of hydrogen-bond acceptors (Lipinski definition) is 3. The lowest BCUT2D eigenvalue weighted by atomic mass is 9.99. The van der Waals surface area contributed by atoms with Gasteiger partial charge in [-0.25, -0.2) is 0 Å². The van der Waals surface area contributed by atoms with Crippen LogP contribution < -0.4 is 5.73 Å². The molecule has 1 atom stereocenters. The molecule has 0 saturated heterocycles. The Bertz CT molecular complexity index is 311. The maximum atomic E-state index is 5.90. The first-order valence-electron chi connectivity index (χ1n) is 6.71. The van der Waals surface area contributed by atoms with Crippen LogP contribution in [0.25, 0.3) is 0 Å². The van der Waals surface area contributed by atoms with E-state index in [1.807, 2.05) is 0 Å². The molecule has 0 aliphatic carbocycles. The molecule has 0 saturated carbocycles.